The summed E-state index contributed by atoms with van der Waals surface area (Å²) in [5.74, 6) is 0.953. The van der Waals surface area contributed by atoms with Gasteiger partial charge in [-0.2, -0.15) is 0 Å². The van der Waals surface area contributed by atoms with E-state index < -0.39 is 0 Å². The first kappa shape index (κ1) is 13.1. The number of aliphatic imine (C=N–C) groups is 1. The molecule has 20 heavy (non-hydrogen) atoms. The maximum atomic E-state index is 4.39. The first-order valence-corrected chi connectivity index (χ1v) is 7.65. The molecule has 0 atom stereocenters. The largest absolute Gasteiger partial charge is 0.350 e. The molecule has 0 bridgehead atoms. The third-order valence-electron chi connectivity index (χ3n) is 3.52. The predicted molar refractivity (Wildman–Crippen MR) is 82.9 cm³/mol. The number of rotatable bonds is 2. The van der Waals surface area contributed by atoms with Crippen molar-refractivity contribution in [2.24, 2.45) is 4.99 Å². The molecule has 1 aromatic heterocycles. The van der Waals surface area contributed by atoms with E-state index in [2.05, 4.69) is 44.5 Å². The monoisotopic (exact) mass is 286 g/mol. The molecule has 0 unspecified atom stereocenters. The van der Waals surface area contributed by atoms with Crippen LogP contribution in [0.15, 0.2) is 40.8 Å². The number of guanidine groups is 1. The van der Waals surface area contributed by atoms with Crippen molar-refractivity contribution >= 4 is 17.3 Å². The standard InChI is InChI=1S/C15H18N4S/c1-16-15(18-10-14-17-7-9-20-14)19-8-6-12-4-2-3-5-13(12)11-19/h2-5,7,9H,6,8,10-11H2,1H3,(H,16,18). The molecule has 0 saturated heterocycles. The van der Waals surface area contributed by atoms with Gasteiger partial charge in [0.15, 0.2) is 5.96 Å². The topological polar surface area (TPSA) is 40.5 Å². The summed E-state index contributed by atoms with van der Waals surface area (Å²) in [4.78, 5) is 11.0. The number of aromatic nitrogens is 1. The summed E-state index contributed by atoms with van der Waals surface area (Å²) >= 11 is 1.66. The van der Waals surface area contributed by atoms with Crippen molar-refractivity contribution in [3.63, 3.8) is 0 Å². The third kappa shape index (κ3) is 2.82. The van der Waals surface area contributed by atoms with Crippen molar-refractivity contribution in [3.05, 3.63) is 52.0 Å². The molecule has 1 aromatic carbocycles. The number of hydrogen-bond acceptors (Lipinski definition) is 3. The van der Waals surface area contributed by atoms with E-state index in [0.29, 0.717) is 0 Å². The van der Waals surface area contributed by atoms with Crippen LogP contribution in [0.25, 0.3) is 0 Å². The van der Waals surface area contributed by atoms with Crippen molar-refractivity contribution in [1.29, 1.82) is 0 Å². The second kappa shape index (κ2) is 6.05. The molecule has 0 aliphatic carbocycles. The second-order valence-corrected chi connectivity index (χ2v) is 5.75. The Morgan fingerprint density at radius 3 is 3.00 bits per heavy atom. The molecule has 0 fully saturated rings. The smallest absolute Gasteiger partial charge is 0.194 e. The highest BCUT2D eigenvalue weighted by Gasteiger charge is 2.18. The van der Waals surface area contributed by atoms with Crippen molar-refractivity contribution in [3.8, 4) is 0 Å². The van der Waals surface area contributed by atoms with Gasteiger partial charge in [0.05, 0.1) is 6.54 Å². The van der Waals surface area contributed by atoms with Gasteiger partial charge in [0, 0.05) is 31.7 Å². The molecule has 0 spiro atoms. The second-order valence-electron chi connectivity index (χ2n) is 4.77. The van der Waals surface area contributed by atoms with Gasteiger partial charge in [0.2, 0.25) is 0 Å². The quantitative estimate of drug-likeness (QED) is 0.680. The zero-order chi connectivity index (χ0) is 13.8. The SMILES string of the molecule is CN=C(NCc1nccs1)N1CCc2ccccc2C1. The number of fused-ring (bicyclic) bond motifs is 1. The maximum Gasteiger partial charge on any atom is 0.194 e. The Kier molecular flexibility index (Phi) is 3.97. The molecule has 0 saturated carbocycles. The van der Waals surface area contributed by atoms with E-state index in [4.69, 9.17) is 0 Å². The molecule has 5 heteroatoms. The molecule has 104 valence electrons. The number of benzene rings is 1. The highest BCUT2D eigenvalue weighted by atomic mass is 32.1. The van der Waals surface area contributed by atoms with E-state index in [9.17, 15) is 0 Å². The Balaban J connectivity index is 1.66. The molecule has 2 aromatic rings. The van der Waals surface area contributed by atoms with Gasteiger partial charge in [0.1, 0.15) is 5.01 Å². The molecular formula is C15H18N4S. The van der Waals surface area contributed by atoms with Gasteiger partial charge in [-0.25, -0.2) is 4.98 Å². The summed E-state index contributed by atoms with van der Waals surface area (Å²) in [5, 5.41) is 6.48. The highest BCUT2D eigenvalue weighted by Crippen LogP contribution is 2.18. The molecule has 1 N–H and O–H groups in total. The summed E-state index contributed by atoms with van der Waals surface area (Å²) in [7, 11) is 1.84. The van der Waals surface area contributed by atoms with Crippen LogP contribution in [0.2, 0.25) is 0 Å². The maximum absolute atomic E-state index is 4.39. The molecule has 4 nitrogen and oxygen atoms in total. The van der Waals surface area contributed by atoms with Crippen LogP contribution in [0.1, 0.15) is 16.1 Å². The Morgan fingerprint density at radius 1 is 1.40 bits per heavy atom. The molecule has 3 rings (SSSR count). The lowest BCUT2D eigenvalue weighted by atomic mass is 10.0. The fraction of sp³-hybridized carbons (Fsp3) is 0.333. The van der Waals surface area contributed by atoms with Crippen LogP contribution in [0.4, 0.5) is 0 Å². The Bertz CT molecular complexity index is 592. The molecular weight excluding hydrogens is 268 g/mol. The zero-order valence-corrected chi connectivity index (χ0v) is 12.4. The summed E-state index contributed by atoms with van der Waals surface area (Å²) in [6, 6.07) is 8.64. The molecule has 1 aliphatic rings. The zero-order valence-electron chi connectivity index (χ0n) is 11.5. The van der Waals surface area contributed by atoms with Crippen LogP contribution in [-0.2, 0) is 19.5 Å². The first-order chi connectivity index (χ1) is 9.86. The van der Waals surface area contributed by atoms with E-state index in [1.54, 1.807) is 11.3 Å². The lowest BCUT2D eigenvalue weighted by Crippen LogP contribution is -2.43. The van der Waals surface area contributed by atoms with Crippen LogP contribution >= 0.6 is 11.3 Å². The van der Waals surface area contributed by atoms with Crippen LogP contribution in [0.5, 0.6) is 0 Å². The van der Waals surface area contributed by atoms with Gasteiger partial charge in [-0.15, -0.1) is 11.3 Å². The Morgan fingerprint density at radius 2 is 2.25 bits per heavy atom. The van der Waals surface area contributed by atoms with Crippen LogP contribution in [0.3, 0.4) is 0 Å². The Labute approximate surface area is 123 Å². The minimum Gasteiger partial charge on any atom is -0.350 e. The fourth-order valence-corrected chi connectivity index (χ4v) is 3.06. The van der Waals surface area contributed by atoms with E-state index in [1.807, 2.05) is 18.6 Å². The average Bonchev–Trinajstić information content (AvgIpc) is 3.01. The van der Waals surface area contributed by atoms with Gasteiger partial charge in [-0.3, -0.25) is 4.99 Å². The van der Waals surface area contributed by atoms with Gasteiger partial charge < -0.3 is 10.2 Å². The lowest BCUT2D eigenvalue weighted by Gasteiger charge is -2.31. The third-order valence-corrected chi connectivity index (χ3v) is 4.30. The highest BCUT2D eigenvalue weighted by molar-refractivity contribution is 7.09. The van der Waals surface area contributed by atoms with Gasteiger partial charge in [-0.05, 0) is 17.5 Å². The average molecular weight is 286 g/mol. The lowest BCUT2D eigenvalue weighted by molar-refractivity contribution is 0.378. The van der Waals surface area contributed by atoms with E-state index in [1.165, 1.54) is 11.1 Å². The van der Waals surface area contributed by atoms with Crippen LogP contribution in [0, 0.1) is 0 Å². The summed E-state index contributed by atoms with van der Waals surface area (Å²) < 4.78 is 0. The Hall–Kier alpha value is -1.88. The van der Waals surface area contributed by atoms with Crippen molar-refractivity contribution in [2.75, 3.05) is 13.6 Å². The molecule has 1 aliphatic heterocycles. The van der Waals surface area contributed by atoms with Gasteiger partial charge >= 0.3 is 0 Å². The first-order valence-electron chi connectivity index (χ1n) is 6.77. The minimum atomic E-state index is 0.739. The van der Waals surface area contributed by atoms with Gasteiger partial charge in [0.25, 0.3) is 0 Å². The van der Waals surface area contributed by atoms with Crippen LogP contribution in [-0.4, -0.2) is 29.4 Å². The summed E-state index contributed by atoms with van der Waals surface area (Å²) in [6.07, 6.45) is 2.91. The van der Waals surface area contributed by atoms with Crippen LogP contribution < -0.4 is 5.32 Å². The van der Waals surface area contributed by atoms with Crippen molar-refractivity contribution < 1.29 is 0 Å². The minimum absolute atomic E-state index is 0.739. The number of thiazole rings is 1. The molecule has 0 amide bonds. The van der Waals surface area contributed by atoms with Crippen molar-refractivity contribution in [1.82, 2.24) is 15.2 Å². The normalized spacial score (nSPS) is 15.1. The number of nitrogens with zero attached hydrogens (tertiary/aromatic N) is 3. The van der Waals surface area contributed by atoms with E-state index in [-0.39, 0.29) is 0 Å². The summed E-state index contributed by atoms with van der Waals surface area (Å²) in [5.41, 5.74) is 2.86. The molecule has 0 radical (unpaired) electrons. The number of nitrogens with one attached hydrogen (secondary N) is 1. The fourth-order valence-electron chi connectivity index (χ4n) is 2.50. The van der Waals surface area contributed by atoms with E-state index >= 15 is 0 Å². The predicted octanol–water partition coefficient (Wildman–Crippen LogP) is 2.28. The molecule has 2 heterocycles. The van der Waals surface area contributed by atoms with E-state index in [0.717, 1.165) is 37.0 Å². The summed E-state index contributed by atoms with van der Waals surface area (Å²) in [6.45, 7) is 2.67. The van der Waals surface area contributed by atoms with Crippen molar-refractivity contribution in [2.45, 2.75) is 19.5 Å². The van der Waals surface area contributed by atoms with Gasteiger partial charge in [-0.1, -0.05) is 24.3 Å². The number of hydrogen-bond donors (Lipinski definition) is 1.